The quantitative estimate of drug-likeness (QED) is 0.534. The number of fused-ring (bicyclic) bond motifs is 3. The van der Waals surface area contributed by atoms with Crippen molar-refractivity contribution in [1.82, 2.24) is 15.4 Å². The molecular weight excluding hydrogens is 182 g/mol. The topological polar surface area (TPSA) is 71.8 Å². The predicted molar refractivity (Wildman–Crippen MR) is 49.9 cm³/mol. The minimum Gasteiger partial charge on any atom is -0.421 e. The summed E-state index contributed by atoms with van der Waals surface area (Å²) in [4.78, 5) is 11.4. The van der Waals surface area contributed by atoms with Gasteiger partial charge in [0.05, 0.1) is 0 Å². The van der Waals surface area contributed by atoms with Gasteiger partial charge in [0.1, 0.15) is 11.1 Å². The van der Waals surface area contributed by atoms with E-state index in [9.17, 15) is 4.79 Å². The Morgan fingerprint density at radius 3 is 3.07 bits per heavy atom. The zero-order chi connectivity index (χ0) is 9.54. The maximum Gasteiger partial charge on any atom is 0.364 e. The Balaban J connectivity index is 2.73. The highest BCUT2D eigenvalue weighted by atomic mass is 16.4. The van der Waals surface area contributed by atoms with Crippen molar-refractivity contribution in [2.24, 2.45) is 0 Å². The van der Waals surface area contributed by atoms with Crippen molar-refractivity contribution >= 4 is 22.0 Å². The number of hydrogen-bond donors (Lipinski definition) is 1. The highest BCUT2D eigenvalue weighted by molar-refractivity contribution is 5.99. The first kappa shape index (κ1) is 7.25. The summed E-state index contributed by atoms with van der Waals surface area (Å²) < 4.78 is 5.07. The molecule has 0 saturated heterocycles. The molecule has 0 saturated carbocycles. The van der Waals surface area contributed by atoms with E-state index in [-0.39, 0.29) is 0 Å². The fourth-order valence-corrected chi connectivity index (χ4v) is 1.46. The lowest BCUT2D eigenvalue weighted by molar-refractivity contribution is 0.568. The molecule has 5 nitrogen and oxygen atoms in total. The average molecular weight is 187 g/mol. The van der Waals surface area contributed by atoms with Gasteiger partial charge in [0.15, 0.2) is 5.52 Å². The van der Waals surface area contributed by atoms with Crippen LogP contribution in [0.3, 0.4) is 0 Å². The lowest BCUT2D eigenvalue weighted by Crippen LogP contribution is -1.99. The molecule has 1 aromatic carbocycles. The number of aromatic amines is 1. The van der Waals surface area contributed by atoms with Gasteiger partial charge < -0.3 is 4.42 Å². The molecular formula is C9H5N3O2. The second-order valence-corrected chi connectivity index (χ2v) is 2.92. The smallest absolute Gasteiger partial charge is 0.364 e. The first-order valence-corrected chi connectivity index (χ1v) is 4.09. The zero-order valence-electron chi connectivity index (χ0n) is 7.02. The number of para-hydroxylation sites is 1. The number of benzene rings is 1. The lowest BCUT2D eigenvalue weighted by atomic mass is 10.2. The van der Waals surface area contributed by atoms with Crippen LogP contribution < -0.4 is 5.63 Å². The van der Waals surface area contributed by atoms with E-state index in [1.807, 2.05) is 12.1 Å². The Bertz CT molecular complexity index is 668. The maximum atomic E-state index is 11.4. The number of rotatable bonds is 0. The van der Waals surface area contributed by atoms with Gasteiger partial charge in [-0.05, 0) is 12.1 Å². The lowest BCUT2D eigenvalue weighted by Gasteiger charge is -1.94. The third-order valence-corrected chi connectivity index (χ3v) is 2.10. The van der Waals surface area contributed by atoms with Gasteiger partial charge in [-0.2, -0.15) is 0 Å². The number of H-pyrrole nitrogens is 1. The van der Waals surface area contributed by atoms with Crippen molar-refractivity contribution in [3.63, 3.8) is 0 Å². The molecule has 2 heterocycles. The van der Waals surface area contributed by atoms with Gasteiger partial charge >= 0.3 is 5.63 Å². The molecule has 3 aromatic rings. The van der Waals surface area contributed by atoms with Crippen LogP contribution in [0.5, 0.6) is 0 Å². The maximum absolute atomic E-state index is 11.4. The minimum absolute atomic E-state index is 0.309. The summed E-state index contributed by atoms with van der Waals surface area (Å²) in [7, 11) is 0. The number of nitrogens with zero attached hydrogens (tertiary/aromatic N) is 2. The van der Waals surface area contributed by atoms with Crippen LogP contribution in [0, 0.1) is 0 Å². The monoisotopic (exact) mass is 187 g/mol. The van der Waals surface area contributed by atoms with Crippen molar-refractivity contribution < 1.29 is 4.42 Å². The van der Waals surface area contributed by atoms with Crippen molar-refractivity contribution in [3.8, 4) is 0 Å². The molecule has 0 fully saturated rings. The normalized spacial score (nSPS) is 11.1. The molecule has 0 aliphatic rings. The predicted octanol–water partition coefficient (Wildman–Crippen LogP) is 1.06. The molecule has 0 atom stereocenters. The summed E-state index contributed by atoms with van der Waals surface area (Å²) in [6, 6.07) is 7.22. The highest BCUT2D eigenvalue weighted by Gasteiger charge is 2.08. The second-order valence-electron chi connectivity index (χ2n) is 2.92. The molecule has 68 valence electrons. The SMILES string of the molecule is O=c1oc2ccccc2c2nn[nH]c12. The van der Waals surface area contributed by atoms with Gasteiger partial charge in [-0.1, -0.05) is 17.3 Å². The molecule has 0 aliphatic heterocycles. The summed E-state index contributed by atoms with van der Waals surface area (Å²) in [5.41, 5.74) is 0.947. The van der Waals surface area contributed by atoms with Gasteiger partial charge in [-0.3, -0.25) is 5.10 Å². The molecule has 1 N–H and O–H groups in total. The van der Waals surface area contributed by atoms with Crippen molar-refractivity contribution in [2.45, 2.75) is 0 Å². The van der Waals surface area contributed by atoms with Crippen molar-refractivity contribution in [3.05, 3.63) is 34.7 Å². The third kappa shape index (κ3) is 0.806. The molecule has 0 bridgehead atoms. The Hall–Kier alpha value is -2.17. The average Bonchev–Trinajstić information content (AvgIpc) is 2.67. The second kappa shape index (κ2) is 2.41. The first-order valence-electron chi connectivity index (χ1n) is 4.09. The Morgan fingerprint density at radius 1 is 1.29 bits per heavy atom. The Morgan fingerprint density at radius 2 is 2.14 bits per heavy atom. The number of hydrogen-bond acceptors (Lipinski definition) is 4. The van der Waals surface area contributed by atoms with Crippen LogP contribution in [0.1, 0.15) is 0 Å². The van der Waals surface area contributed by atoms with Crippen molar-refractivity contribution in [2.75, 3.05) is 0 Å². The molecule has 14 heavy (non-hydrogen) atoms. The Labute approximate surface area is 77.3 Å². The van der Waals surface area contributed by atoms with E-state index in [0.29, 0.717) is 16.6 Å². The van der Waals surface area contributed by atoms with Crippen LogP contribution in [0.15, 0.2) is 33.5 Å². The molecule has 0 radical (unpaired) electrons. The number of aromatic nitrogens is 3. The molecule has 0 amide bonds. The zero-order valence-corrected chi connectivity index (χ0v) is 7.02. The van der Waals surface area contributed by atoms with E-state index in [4.69, 9.17) is 4.42 Å². The van der Waals surface area contributed by atoms with Crippen LogP contribution >= 0.6 is 0 Å². The van der Waals surface area contributed by atoms with Gasteiger partial charge in [-0.25, -0.2) is 4.79 Å². The minimum atomic E-state index is -0.441. The van der Waals surface area contributed by atoms with E-state index in [2.05, 4.69) is 15.4 Å². The third-order valence-electron chi connectivity index (χ3n) is 2.10. The van der Waals surface area contributed by atoms with Crippen LogP contribution in [0.2, 0.25) is 0 Å². The number of nitrogens with one attached hydrogen (secondary N) is 1. The Kier molecular flexibility index (Phi) is 1.25. The molecule has 0 spiro atoms. The molecule has 0 unspecified atom stereocenters. The van der Waals surface area contributed by atoms with E-state index in [0.717, 1.165) is 5.39 Å². The molecule has 0 aliphatic carbocycles. The van der Waals surface area contributed by atoms with Gasteiger partial charge in [0.2, 0.25) is 0 Å². The summed E-state index contributed by atoms with van der Waals surface area (Å²) in [6.07, 6.45) is 0. The largest absolute Gasteiger partial charge is 0.421 e. The summed E-state index contributed by atoms with van der Waals surface area (Å²) >= 11 is 0. The van der Waals surface area contributed by atoms with Gasteiger partial charge in [0.25, 0.3) is 0 Å². The van der Waals surface area contributed by atoms with Crippen LogP contribution in [0.4, 0.5) is 0 Å². The van der Waals surface area contributed by atoms with E-state index in [1.165, 1.54) is 0 Å². The highest BCUT2D eigenvalue weighted by Crippen LogP contribution is 2.18. The fraction of sp³-hybridized carbons (Fsp3) is 0. The fourth-order valence-electron chi connectivity index (χ4n) is 1.46. The van der Waals surface area contributed by atoms with Gasteiger partial charge in [0, 0.05) is 5.39 Å². The molecule has 5 heteroatoms. The van der Waals surface area contributed by atoms with Crippen LogP contribution in [-0.2, 0) is 0 Å². The summed E-state index contributed by atoms with van der Waals surface area (Å²) in [5.74, 6) is 0. The van der Waals surface area contributed by atoms with Gasteiger partial charge in [-0.15, -0.1) is 5.10 Å². The van der Waals surface area contributed by atoms with Crippen molar-refractivity contribution in [1.29, 1.82) is 0 Å². The van der Waals surface area contributed by atoms with Crippen LogP contribution in [-0.4, -0.2) is 15.4 Å². The van der Waals surface area contributed by atoms with E-state index >= 15 is 0 Å². The van der Waals surface area contributed by atoms with E-state index in [1.54, 1.807) is 12.1 Å². The van der Waals surface area contributed by atoms with Crippen LogP contribution in [0.25, 0.3) is 22.0 Å². The summed E-state index contributed by atoms with van der Waals surface area (Å²) in [6.45, 7) is 0. The van der Waals surface area contributed by atoms with E-state index < -0.39 is 5.63 Å². The molecule has 2 aromatic heterocycles. The molecule has 3 rings (SSSR count). The standard InChI is InChI=1S/C9H5N3O2/c13-9-8-7(10-12-11-8)5-3-1-2-4-6(5)14-9/h1-4H,(H,10,11,12). The first-order chi connectivity index (χ1) is 6.86. The summed E-state index contributed by atoms with van der Waals surface area (Å²) in [5, 5.41) is 10.7.